The molecule has 0 aliphatic carbocycles. The first-order valence-electron chi connectivity index (χ1n) is 7.85. The standard InChI is InChI=1S/C16H15F3N6O3/c1-27-7-13(26)24-11-6-25-5-9(2-3-12(25)23-11)10-4-21-14(20)15(22-10)28-8-16(17,18)19/h2-6H,7-8H2,1H3,(H2,20,21)(H,24,26). The number of hydrogen-bond acceptors (Lipinski definition) is 7. The fourth-order valence-electron chi connectivity index (χ4n) is 2.29. The molecule has 3 aromatic heterocycles. The van der Waals surface area contributed by atoms with E-state index in [1.807, 2.05) is 0 Å². The summed E-state index contributed by atoms with van der Waals surface area (Å²) in [6, 6.07) is 3.30. The Kier molecular flexibility index (Phi) is 5.31. The van der Waals surface area contributed by atoms with E-state index in [2.05, 4.69) is 25.0 Å². The number of nitrogen functional groups attached to an aromatic ring is 1. The molecule has 0 unspecified atom stereocenters. The van der Waals surface area contributed by atoms with Crippen LogP contribution in [0.5, 0.6) is 5.88 Å². The number of fused-ring (bicyclic) bond motifs is 1. The summed E-state index contributed by atoms with van der Waals surface area (Å²) in [6.07, 6.45) is -0.0150. The number of amides is 1. The Morgan fingerprint density at radius 1 is 1.29 bits per heavy atom. The molecule has 0 atom stereocenters. The van der Waals surface area contributed by atoms with E-state index in [0.29, 0.717) is 17.0 Å². The van der Waals surface area contributed by atoms with Crippen molar-refractivity contribution in [1.29, 1.82) is 0 Å². The summed E-state index contributed by atoms with van der Waals surface area (Å²) < 4.78 is 48.0. The van der Waals surface area contributed by atoms with Crippen molar-refractivity contribution < 1.29 is 27.4 Å². The Balaban J connectivity index is 1.86. The molecular formula is C16H15F3N6O3. The van der Waals surface area contributed by atoms with E-state index in [1.54, 1.807) is 28.9 Å². The van der Waals surface area contributed by atoms with E-state index in [-0.39, 0.29) is 24.0 Å². The highest BCUT2D eigenvalue weighted by Gasteiger charge is 2.29. The number of methoxy groups -OCH3 is 1. The lowest BCUT2D eigenvalue weighted by atomic mass is 10.2. The molecule has 3 N–H and O–H groups in total. The molecule has 0 saturated carbocycles. The Hall–Kier alpha value is -3.41. The minimum atomic E-state index is -4.52. The normalized spacial score (nSPS) is 11.6. The molecule has 28 heavy (non-hydrogen) atoms. The molecule has 12 heteroatoms. The molecule has 0 spiro atoms. The van der Waals surface area contributed by atoms with E-state index in [4.69, 9.17) is 10.5 Å². The average molecular weight is 396 g/mol. The lowest BCUT2D eigenvalue weighted by molar-refractivity contribution is -0.154. The zero-order chi connectivity index (χ0) is 20.3. The summed E-state index contributed by atoms with van der Waals surface area (Å²) in [5.41, 5.74) is 6.85. The van der Waals surface area contributed by atoms with E-state index in [9.17, 15) is 18.0 Å². The van der Waals surface area contributed by atoms with E-state index >= 15 is 0 Å². The first kappa shape index (κ1) is 19.4. The first-order valence-corrected chi connectivity index (χ1v) is 7.85. The third-order valence-corrected chi connectivity index (χ3v) is 3.43. The summed E-state index contributed by atoms with van der Waals surface area (Å²) in [5, 5.41) is 2.57. The Morgan fingerprint density at radius 3 is 2.79 bits per heavy atom. The number of rotatable bonds is 6. The van der Waals surface area contributed by atoms with Crippen LogP contribution in [0.25, 0.3) is 16.9 Å². The number of halogens is 3. The van der Waals surface area contributed by atoms with Crippen LogP contribution in [-0.2, 0) is 9.53 Å². The van der Waals surface area contributed by atoms with Crippen LogP contribution in [0.2, 0.25) is 0 Å². The zero-order valence-electron chi connectivity index (χ0n) is 14.5. The van der Waals surface area contributed by atoms with Gasteiger partial charge in [0.15, 0.2) is 18.2 Å². The summed E-state index contributed by atoms with van der Waals surface area (Å²) in [5.74, 6) is -0.702. The van der Waals surface area contributed by atoms with E-state index < -0.39 is 18.7 Å². The number of nitrogens with zero attached hydrogens (tertiary/aromatic N) is 4. The van der Waals surface area contributed by atoms with Crippen LogP contribution in [-0.4, -0.2) is 51.8 Å². The summed E-state index contributed by atoms with van der Waals surface area (Å²) in [6.45, 7) is -1.64. The Morgan fingerprint density at radius 2 is 2.07 bits per heavy atom. The highest BCUT2D eigenvalue weighted by molar-refractivity contribution is 5.91. The van der Waals surface area contributed by atoms with Gasteiger partial charge in [0.25, 0.3) is 11.8 Å². The van der Waals surface area contributed by atoms with Crippen LogP contribution in [0.4, 0.5) is 24.8 Å². The van der Waals surface area contributed by atoms with Gasteiger partial charge in [0.05, 0.1) is 18.1 Å². The van der Waals surface area contributed by atoms with Crippen LogP contribution < -0.4 is 15.8 Å². The minimum Gasteiger partial charge on any atom is -0.465 e. The van der Waals surface area contributed by atoms with Crippen LogP contribution in [0.15, 0.2) is 30.7 Å². The molecule has 0 fully saturated rings. The smallest absolute Gasteiger partial charge is 0.422 e. The lowest BCUT2D eigenvalue weighted by Gasteiger charge is -2.11. The number of anilines is 2. The number of nitrogens with one attached hydrogen (secondary N) is 1. The predicted molar refractivity (Wildman–Crippen MR) is 92.7 cm³/mol. The zero-order valence-corrected chi connectivity index (χ0v) is 14.5. The quantitative estimate of drug-likeness (QED) is 0.654. The third kappa shape index (κ3) is 4.65. The van der Waals surface area contributed by atoms with Gasteiger partial charge in [0, 0.05) is 18.9 Å². The number of pyridine rings is 1. The number of hydrogen-bond donors (Lipinski definition) is 2. The van der Waals surface area contributed by atoms with Crippen molar-refractivity contribution in [2.75, 3.05) is 31.4 Å². The van der Waals surface area contributed by atoms with Crippen molar-refractivity contribution in [2.24, 2.45) is 0 Å². The SMILES string of the molecule is COCC(=O)Nc1cn2cc(-c3cnc(N)c(OCC(F)(F)F)n3)ccc2n1. The van der Waals surface area contributed by atoms with Gasteiger partial charge in [-0.25, -0.2) is 15.0 Å². The van der Waals surface area contributed by atoms with Crippen molar-refractivity contribution in [3.8, 4) is 17.1 Å². The second-order valence-corrected chi connectivity index (χ2v) is 5.64. The fraction of sp³-hybridized carbons (Fsp3) is 0.250. The number of alkyl halides is 3. The number of nitrogens with two attached hydrogens (primary N) is 1. The second kappa shape index (κ2) is 7.68. The average Bonchev–Trinajstić information content (AvgIpc) is 3.01. The van der Waals surface area contributed by atoms with E-state index in [1.165, 1.54) is 13.3 Å². The summed E-state index contributed by atoms with van der Waals surface area (Å²) in [7, 11) is 1.40. The third-order valence-electron chi connectivity index (χ3n) is 3.43. The molecule has 0 radical (unpaired) electrons. The molecule has 0 aliphatic rings. The highest BCUT2D eigenvalue weighted by Crippen LogP contribution is 2.25. The summed E-state index contributed by atoms with van der Waals surface area (Å²) in [4.78, 5) is 23.6. The van der Waals surface area contributed by atoms with Crippen LogP contribution in [0.1, 0.15) is 0 Å². The number of ether oxygens (including phenoxy) is 2. The molecule has 0 saturated heterocycles. The second-order valence-electron chi connectivity index (χ2n) is 5.64. The Labute approximate surface area is 156 Å². The van der Waals surface area contributed by atoms with Gasteiger partial charge in [-0.2, -0.15) is 13.2 Å². The molecule has 9 nitrogen and oxygen atoms in total. The predicted octanol–water partition coefficient (Wildman–Crippen LogP) is 1.90. The van der Waals surface area contributed by atoms with Gasteiger partial charge in [-0.15, -0.1) is 0 Å². The molecule has 0 aliphatic heterocycles. The maximum atomic E-state index is 12.4. The van der Waals surface area contributed by atoms with Gasteiger partial charge in [-0.05, 0) is 12.1 Å². The van der Waals surface area contributed by atoms with Crippen molar-refractivity contribution in [3.05, 3.63) is 30.7 Å². The number of carbonyl (C=O) groups is 1. The van der Waals surface area contributed by atoms with Crippen molar-refractivity contribution in [3.63, 3.8) is 0 Å². The molecule has 1 amide bonds. The largest absolute Gasteiger partial charge is 0.465 e. The molecule has 3 aromatic rings. The van der Waals surface area contributed by atoms with Gasteiger partial charge in [0.2, 0.25) is 0 Å². The van der Waals surface area contributed by atoms with Crippen molar-refractivity contribution in [2.45, 2.75) is 6.18 Å². The maximum absolute atomic E-state index is 12.4. The Bertz CT molecular complexity index is 1000. The van der Waals surface area contributed by atoms with Crippen molar-refractivity contribution in [1.82, 2.24) is 19.4 Å². The molecule has 0 bridgehead atoms. The molecule has 0 aromatic carbocycles. The van der Waals surface area contributed by atoms with Gasteiger partial charge in [0.1, 0.15) is 12.3 Å². The van der Waals surface area contributed by atoms with Crippen LogP contribution in [0, 0.1) is 0 Å². The maximum Gasteiger partial charge on any atom is 0.422 e. The number of aromatic nitrogens is 4. The summed E-state index contributed by atoms with van der Waals surface area (Å²) >= 11 is 0. The van der Waals surface area contributed by atoms with E-state index in [0.717, 1.165) is 0 Å². The van der Waals surface area contributed by atoms with Gasteiger partial charge in [-0.1, -0.05) is 0 Å². The fourth-order valence-corrected chi connectivity index (χ4v) is 2.29. The number of imidazole rings is 1. The first-order chi connectivity index (χ1) is 13.2. The van der Waals surface area contributed by atoms with Gasteiger partial charge < -0.3 is 24.9 Å². The molecule has 148 valence electrons. The lowest BCUT2D eigenvalue weighted by Crippen LogP contribution is -2.20. The van der Waals surface area contributed by atoms with Gasteiger partial charge in [-0.3, -0.25) is 4.79 Å². The monoisotopic (exact) mass is 396 g/mol. The topological polar surface area (TPSA) is 117 Å². The van der Waals surface area contributed by atoms with Crippen LogP contribution >= 0.6 is 0 Å². The van der Waals surface area contributed by atoms with Crippen molar-refractivity contribution >= 4 is 23.2 Å². The highest BCUT2D eigenvalue weighted by atomic mass is 19.4. The van der Waals surface area contributed by atoms with Gasteiger partial charge >= 0.3 is 6.18 Å². The minimum absolute atomic E-state index is 0.110. The number of carbonyl (C=O) groups excluding carboxylic acids is 1. The molecular weight excluding hydrogens is 381 g/mol. The molecule has 3 rings (SSSR count). The van der Waals surface area contributed by atoms with Crippen LogP contribution in [0.3, 0.4) is 0 Å². The molecule has 3 heterocycles.